The highest BCUT2D eigenvalue weighted by molar-refractivity contribution is 5.87. The molecule has 0 aromatic carbocycles. The van der Waals surface area contributed by atoms with Crippen molar-refractivity contribution in [3.63, 3.8) is 0 Å². The predicted octanol–water partition coefficient (Wildman–Crippen LogP) is 0.180. The summed E-state index contributed by atoms with van der Waals surface area (Å²) < 4.78 is 2.70. The molecule has 0 spiro atoms. The first-order valence-electron chi connectivity index (χ1n) is 5.49. The maximum absolute atomic E-state index is 12.1. The molecular formula is C11H14N4O2. The molecule has 2 aromatic heterocycles. The number of aryl methyl sites for hydroxylation is 1. The number of anilines is 1. The number of nitrogens with two attached hydrogens (primary N) is 1. The van der Waals surface area contributed by atoms with Crippen molar-refractivity contribution in [2.75, 3.05) is 5.73 Å². The van der Waals surface area contributed by atoms with Gasteiger partial charge in [0.25, 0.3) is 5.56 Å². The first kappa shape index (κ1) is 11.4. The number of aromatic nitrogens is 3. The molecule has 0 aliphatic rings. The molecule has 0 aliphatic heterocycles. The molecule has 0 aliphatic carbocycles. The van der Waals surface area contributed by atoms with Gasteiger partial charge < -0.3 is 5.73 Å². The van der Waals surface area contributed by atoms with Gasteiger partial charge in [0.05, 0.1) is 5.52 Å². The number of fused-ring (bicyclic) bond motifs is 1. The molecule has 2 rings (SSSR count). The molecular weight excluding hydrogens is 220 g/mol. The zero-order valence-corrected chi connectivity index (χ0v) is 9.80. The molecule has 0 unspecified atom stereocenters. The lowest BCUT2D eigenvalue weighted by molar-refractivity contribution is 0.609. The smallest absolute Gasteiger partial charge is 0.331 e. The van der Waals surface area contributed by atoms with E-state index in [9.17, 15) is 9.59 Å². The first-order valence-corrected chi connectivity index (χ1v) is 5.49. The van der Waals surface area contributed by atoms with Crippen LogP contribution in [-0.4, -0.2) is 14.1 Å². The molecule has 0 radical (unpaired) electrons. The van der Waals surface area contributed by atoms with Crippen LogP contribution in [0.25, 0.3) is 10.9 Å². The minimum absolute atomic E-state index is 0.164. The molecule has 0 saturated heterocycles. The largest absolute Gasteiger partial charge is 0.383 e. The SMILES string of the molecule is CCn1c(=O)c2c(N)nccc2n(CC)c1=O. The van der Waals surface area contributed by atoms with Crippen LogP contribution >= 0.6 is 0 Å². The zero-order chi connectivity index (χ0) is 12.6. The molecule has 0 bridgehead atoms. The van der Waals surface area contributed by atoms with E-state index in [0.29, 0.717) is 24.0 Å². The molecule has 0 atom stereocenters. The lowest BCUT2D eigenvalue weighted by Gasteiger charge is -2.11. The fraction of sp³-hybridized carbons (Fsp3) is 0.364. The van der Waals surface area contributed by atoms with Crippen LogP contribution in [0.5, 0.6) is 0 Å². The Hall–Kier alpha value is -2.11. The van der Waals surface area contributed by atoms with Gasteiger partial charge in [-0.15, -0.1) is 0 Å². The van der Waals surface area contributed by atoms with Crippen LogP contribution in [0.15, 0.2) is 21.9 Å². The number of nitrogen functional groups attached to an aromatic ring is 1. The van der Waals surface area contributed by atoms with Crippen molar-refractivity contribution in [2.24, 2.45) is 0 Å². The summed E-state index contributed by atoms with van der Waals surface area (Å²) in [5.74, 6) is 0.164. The van der Waals surface area contributed by atoms with E-state index in [1.54, 1.807) is 13.0 Å². The maximum atomic E-state index is 12.1. The van der Waals surface area contributed by atoms with E-state index in [-0.39, 0.29) is 17.1 Å². The van der Waals surface area contributed by atoms with Crippen LogP contribution in [0, 0.1) is 0 Å². The monoisotopic (exact) mass is 234 g/mol. The Morgan fingerprint density at radius 1 is 1.24 bits per heavy atom. The lowest BCUT2D eigenvalue weighted by atomic mass is 10.2. The number of hydrogen-bond acceptors (Lipinski definition) is 4. The summed E-state index contributed by atoms with van der Waals surface area (Å²) in [6.07, 6.45) is 1.50. The van der Waals surface area contributed by atoms with Gasteiger partial charge in [-0.3, -0.25) is 13.9 Å². The van der Waals surface area contributed by atoms with Crippen molar-refractivity contribution >= 4 is 16.7 Å². The summed E-state index contributed by atoms with van der Waals surface area (Å²) in [4.78, 5) is 28.0. The Kier molecular flexibility index (Phi) is 2.71. The zero-order valence-electron chi connectivity index (χ0n) is 9.80. The second kappa shape index (κ2) is 4.04. The third-order valence-corrected chi connectivity index (χ3v) is 2.80. The van der Waals surface area contributed by atoms with Crippen molar-refractivity contribution in [1.82, 2.24) is 14.1 Å². The minimum atomic E-state index is -0.372. The van der Waals surface area contributed by atoms with E-state index in [4.69, 9.17) is 5.73 Å². The van der Waals surface area contributed by atoms with Crippen molar-refractivity contribution < 1.29 is 0 Å². The quantitative estimate of drug-likeness (QED) is 0.803. The summed E-state index contributed by atoms with van der Waals surface area (Å²) in [6, 6.07) is 1.64. The van der Waals surface area contributed by atoms with Crippen LogP contribution < -0.4 is 17.0 Å². The van der Waals surface area contributed by atoms with Gasteiger partial charge >= 0.3 is 5.69 Å². The lowest BCUT2D eigenvalue weighted by Crippen LogP contribution is -2.39. The molecule has 2 N–H and O–H groups in total. The number of nitrogens with zero attached hydrogens (tertiary/aromatic N) is 3. The average Bonchev–Trinajstić information content (AvgIpc) is 2.30. The summed E-state index contributed by atoms with van der Waals surface area (Å²) >= 11 is 0. The Morgan fingerprint density at radius 2 is 1.88 bits per heavy atom. The van der Waals surface area contributed by atoms with Crippen LogP contribution in [0.3, 0.4) is 0 Å². The molecule has 0 amide bonds. The number of rotatable bonds is 2. The molecule has 6 heteroatoms. The van der Waals surface area contributed by atoms with Crippen LogP contribution in [0.2, 0.25) is 0 Å². The molecule has 2 aromatic rings. The van der Waals surface area contributed by atoms with Gasteiger partial charge in [-0.05, 0) is 19.9 Å². The molecule has 0 fully saturated rings. The van der Waals surface area contributed by atoms with E-state index in [1.807, 2.05) is 6.92 Å². The summed E-state index contributed by atoms with van der Waals surface area (Å²) in [7, 11) is 0. The third kappa shape index (κ3) is 1.52. The van der Waals surface area contributed by atoms with E-state index in [2.05, 4.69) is 4.98 Å². The number of pyridine rings is 1. The fourth-order valence-corrected chi connectivity index (χ4v) is 1.97. The number of hydrogen-bond donors (Lipinski definition) is 1. The van der Waals surface area contributed by atoms with Gasteiger partial charge in [0, 0.05) is 19.3 Å². The average molecular weight is 234 g/mol. The molecule has 6 nitrogen and oxygen atoms in total. The van der Waals surface area contributed by atoms with Gasteiger partial charge in [0.1, 0.15) is 11.2 Å². The summed E-state index contributed by atoms with van der Waals surface area (Å²) in [6.45, 7) is 4.41. The summed E-state index contributed by atoms with van der Waals surface area (Å²) in [5.41, 5.74) is 5.58. The van der Waals surface area contributed by atoms with Crippen molar-refractivity contribution in [3.05, 3.63) is 33.1 Å². The van der Waals surface area contributed by atoms with E-state index in [0.717, 1.165) is 0 Å². The Bertz CT molecular complexity index is 684. The van der Waals surface area contributed by atoms with Gasteiger partial charge in [0.15, 0.2) is 0 Å². The molecule has 17 heavy (non-hydrogen) atoms. The van der Waals surface area contributed by atoms with E-state index in [1.165, 1.54) is 15.3 Å². The Morgan fingerprint density at radius 3 is 2.47 bits per heavy atom. The highest BCUT2D eigenvalue weighted by atomic mass is 16.2. The van der Waals surface area contributed by atoms with Crippen molar-refractivity contribution in [2.45, 2.75) is 26.9 Å². The maximum Gasteiger partial charge on any atom is 0.331 e. The van der Waals surface area contributed by atoms with Gasteiger partial charge in [0.2, 0.25) is 0 Å². The Balaban J connectivity index is 3.13. The van der Waals surface area contributed by atoms with Gasteiger partial charge in [-0.1, -0.05) is 0 Å². The molecule has 2 heterocycles. The third-order valence-electron chi connectivity index (χ3n) is 2.80. The van der Waals surface area contributed by atoms with Crippen LogP contribution in [0.4, 0.5) is 5.82 Å². The van der Waals surface area contributed by atoms with Gasteiger partial charge in [-0.2, -0.15) is 0 Å². The van der Waals surface area contributed by atoms with Crippen molar-refractivity contribution in [1.29, 1.82) is 0 Å². The second-order valence-electron chi connectivity index (χ2n) is 3.67. The molecule has 0 saturated carbocycles. The van der Waals surface area contributed by atoms with Crippen molar-refractivity contribution in [3.8, 4) is 0 Å². The highest BCUT2D eigenvalue weighted by Crippen LogP contribution is 2.12. The molecule has 90 valence electrons. The van der Waals surface area contributed by atoms with E-state index < -0.39 is 0 Å². The van der Waals surface area contributed by atoms with Gasteiger partial charge in [-0.25, -0.2) is 9.78 Å². The Labute approximate surface area is 97.3 Å². The highest BCUT2D eigenvalue weighted by Gasteiger charge is 2.13. The summed E-state index contributed by atoms with van der Waals surface area (Å²) in [5, 5.41) is 0.316. The topological polar surface area (TPSA) is 82.9 Å². The first-order chi connectivity index (χ1) is 8.11. The van der Waals surface area contributed by atoms with E-state index >= 15 is 0 Å². The minimum Gasteiger partial charge on any atom is -0.383 e. The normalized spacial score (nSPS) is 10.9. The van der Waals surface area contributed by atoms with Crippen LogP contribution in [0.1, 0.15) is 13.8 Å². The van der Waals surface area contributed by atoms with Crippen LogP contribution in [-0.2, 0) is 13.1 Å². The fourth-order valence-electron chi connectivity index (χ4n) is 1.97. The second-order valence-corrected chi connectivity index (χ2v) is 3.67. The standard InChI is InChI=1S/C11H14N4O2/c1-3-14-7-5-6-13-9(12)8(7)10(16)15(4-2)11(14)17/h5-6H,3-4H2,1-2H3,(H2,12,13). The predicted molar refractivity (Wildman–Crippen MR) is 66.0 cm³/mol.